The van der Waals surface area contributed by atoms with Crippen LogP contribution in [0.25, 0.3) is 11.1 Å². The summed E-state index contributed by atoms with van der Waals surface area (Å²) in [4.78, 5) is 18.3. The van der Waals surface area contributed by atoms with Gasteiger partial charge >= 0.3 is 0 Å². The van der Waals surface area contributed by atoms with Crippen LogP contribution in [0, 0.1) is 0 Å². The second-order valence-corrected chi connectivity index (χ2v) is 6.94. The van der Waals surface area contributed by atoms with Crippen molar-refractivity contribution in [1.29, 1.82) is 0 Å². The monoisotopic (exact) mass is 396 g/mol. The topological polar surface area (TPSA) is 41.9 Å². The second kappa shape index (κ2) is 6.48. The zero-order valence-electron chi connectivity index (χ0n) is 13.8. The van der Waals surface area contributed by atoms with Crippen molar-refractivity contribution in [2.45, 2.75) is 12.8 Å². The van der Waals surface area contributed by atoms with E-state index >= 15 is 0 Å². The number of anilines is 1. The van der Waals surface area contributed by atoms with Gasteiger partial charge in [0.15, 0.2) is 5.78 Å². The lowest BCUT2D eigenvalue weighted by atomic mass is 9.99. The van der Waals surface area contributed by atoms with Gasteiger partial charge in [-0.2, -0.15) is 0 Å². The molecule has 4 rings (SSSR count). The van der Waals surface area contributed by atoms with E-state index < -0.39 is 0 Å². The molecule has 0 amide bonds. The maximum atomic E-state index is 11.9. The SMILES string of the molecule is COc1c(Br)cc(N2C=CC=NC2)cc1-c1ccc2c(c1)CCC2=O. The maximum Gasteiger partial charge on any atom is 0.163 e. The molecule has 2 aromatic carbocycles. The summed E-state index contributed by atoms with van der Waals surface area (Å²) in [5, 5.41) is 0. The summed E-state index contributed by atoms with van der Waals surface area (Å²) in [7, 11) is 1.67. The van der Waals surface area contributed by atoms with Gasteiger partial charge in [-0.05, 0) is 51.7 Å². The smallest absolute Gasteiger partial charge is 0.163 e. The first-order valence-corrected chi connectivity index (χ1v) is 8.94. The Kier molecular flexibility index (Phi) is 4.17. The summed E-state index contributed by atoms with van der Waals surface area (Å²) < 4.78 is 6.52. The fourth-order valence-electron chi connectivity index (χ4n) is 3.34. The second-order valence-electron chi connectivity index (χ2n) is 6.09. The van der Waals surface area contributed by atoms with Crippen molar-refractivity contribution in [2.24, 2.45) is 4.99 Å². The summed E-state index contributed by atoms with van der Waals surface area (Å²) in [6.07, 6.45) is 7.15. The average Bonchev–Trinajstić information content (AvgIpc) is 3.02. The zero-order valence-corrected chi connectivity index (χ0v) is 15.4. The molecule has 4 nitrogen and oxygen atoms in total. The molecule has 0 saturated carbocycles. The summed E-state index contributed by atoms with van der Waals surface area (Å²) in [5.74, 6) is 1.03. The van der Waals surface area contributed by atoms with Gasteiger partial charge < -0.3 is 9.64 Å². The Morgan fingerprint density at radius 2 is 2.04 bits per heavy atom. The lowest BCUT2D eigenvalue weighted by Gasteiger charge is -2.22. The molecule has 0 N–H and O–H groups in total. The predicted molar refractivity (Wildman–Crippen MR) is 104 cm³/mol. The van der Waals surface area contributed by atoms with Crippen LogP contribution < -0.4 is 9.64 Å². The molecule has 0 bridgehead atoms. The highest BCUT2D eigenvalue weighted by molar-refractivity contribution is 9.10. The normalized spacial score (nSPS) is 15.6. The number of rotatable bonds is 3. The van der Waals surface area contributed by atoms with Crippen molar-refractivity contribution in [3.8, 4) is 16.9 Å². The largest absolute Gasteiger partial charge is 0.495 e. The van der Waals surface area contributed by atoms with Crippen molar-refractivity contribution in [3.05, 3.63) is 58.2 Å². The fraction of sp³-hybridized carbons (Fsp3) is 0.200. The third-order valence-electron chi connectivity index (χ3n) is 4.59. The van der Waals surface area contributed by atoms with E-state index in [0.29, 0.717) is 13.1 Å². The molecule has 0 atom stereocenters. The first kappa shape index (κ1) is 16.1. The molecule has 0 spiro atoms. The van der Waals surface area contributed by atoms with Gasteiger partial charge in [-0.3, -0.25) is 9.79 Å². The molecule has 1 aliphatic heterocycles. The molecule has 126 valence electrons. The Bertz CT molecular complexity index is 918. The number of ether oxygens (including phenoxy) is 1. The van der Waals surface area contributed by atoms with Crippen LogP contribution in [0.5, 0.6) is 5.75 Å². The van der Waals surface area contributed by atoms with Gasteiger partial charge in [0, 0.05) is 35.6 Å². The van der Waals surface area contributed by atoms with Crippen molar-refractivity contribution >= 4 is 33.6 Å². The van der Waals surface area contributed by atoms with E-state index in [2.05, 4.69) is 38.0 Å². The van der Waals surface area contributed by atoms with E-state index in [-0.39, 0.29) is 5.78 Å². The van der Waals surface area contributed by atoms with E-state index in [1.54, 1.807) is 13.3 Å². The lowest BCUT2D eigenvalue weighted by Crippen LogP contribution is -2.18. The van der Waals surface area contributed by atoms with E-state index in [9.17, 15) is 4.79 Å². The molecule has 0 aromatic heterocycles. The van der Waals surface area contributed by atoms with Gasteiger partial charge in [-0.25, -0.2) is 0 Å². The molecule has 2 aromatic rings. The van der Waals surface area contributed by atoms with E-state index in [4.69, 9.17) is 4.74 Å². The molecular formula is C20H17BrN2O2. The third-order valence-corrected chi connectivity index (χ3v) is 5.18. The number of hydrogen-bond acceptors (Lipinski definition) is 4. The Morgan fingerprint density at radius 1 is 1.16 bits per heavy atom. The number of nitrogens with zero attached hydrogens (tertiary/aromatic N) is 2. The van der Waals surface area contributed by atoms with Crippen LogP contribution in [-0.2, 0) is 6.42 Å². The number of fused-ring (bicyclic) bond motifs is 1. The van der Waals surface area contributed by atoms with Crippen molar-refractivity contribution < 1.29 is 9.53 Å². The molecule has 0 radical (unpaired) electrons. The summed E-state index contributed by atoms with van der Waals surface area (Å²) in [5.41, 5.74) is 5.06. The average molecular weight is 397 g/mol. The van der Waals surface area contributed by atoms with Crippen molar-refractivity contribution in [3.63, 3.8) is 0 Å². The number of allylic oxidation sites excluding steroid dienone is 1. The van der Waals surface area contributed by atoms with Gasteiger partial charge in [0.1, 0.15) is 12.4 Å². The van der Waals surface area contributed by atoms with Crippen LogP contribution in [0.1, 0.15) is 22.3 Å². The highest BCUT2D eigenvalue weighted by Crippen LogP contribution is 2.41. The number of hydrogen-bond donors (Lipinski definition) is 0. The van der Waals surface area contributed by atoms with E-state index in [1.165, 1.54) is 0 Å². The Balaban J connectivity index is 1.82. The molecular weight excluding hydrogens is 380 g/mol. The van der Waals surface area contributed by atoms with Crippen LogP contribution in [0.15, 0.2) is 52.1 Å². The molecule has 0 unspecified atom stereocenters. The van der Waals surface area contributed by atoms with Gasteiger partial charge in [0.05, 0.1) is 11.6 Å². The number of ketones is 1. The first-order chi connectivity index (χ1) is 12.2. The number of carbonyl (C=O) groups is 1. The zero-order chi connectivity index (χ0) is 17.4. The van der Waals surface area contributed by atoms with Crippen LogP contribution in [0.3, 0.4) is 0 Å². The first-order valence-electron chi connectivity index (χ1n) is 8.14. The Labute approximate surface area is 155 Å². The maximum absolute atomic E-state index is 11.9. The van der Waals surface area contributed by atoms with Crippen molar-refractivity contribution in [2.75, 3.05) is 18.7 Å². The number of halogens is 1. The standard InChI is InChI=1S/C20H17BrN2O2/c1-25-20-17(14-3-5-16-13(9-14)4-6-19(16)24)10-15(11-18(20)21)23-8-2-7-22-12-23/h2-3,5,7-11H,4,6,12H2,1H3. The van der Waals surface area contributed by atoms with Gasteiger partial charge in [-0.1, -0.05) is 18.2 Å². The molecule has 25 heavy (non-hydrogen) atoms. The van der Waals surface area contributed by atoms with Crippen LogP contribution in [0.4, 0.5) is 5.69 Å². The Hall–Kier alpha value is -2.40. The van der Waals surface area contributed by atoms with Gasteiger partial charge in [-0.15, -0.1) is 0 Å². The molecule has 1 aliphatic carbocycles. The predicted octanol–water partition coefficient (Wildman–Crippen LogP) is 4.62. The number of aliphatic imine (C=N–C) groups is 1. The Morgan fingerprint density at radius 3 is 2.80 bits per heavy atom. The van der Waals surface area contributed by atoms with Gasteiger partial charge in [0.2, 0.25) is 0 Å². The number of aryl methyl sites for hydroxylation is 1. The van der Waals surface area contributed by atoms with E-state index in [1.807, 2.05) is 30.5 Å². The summed E-state index contributed by atoms with van der Waals surface area (Å²) in [6, 6.07) is 10.2. The van der Waals surface area contributed by atoms with Crippen molar-refractivity contribution in [1.82, 2.24) is 0 Å². The fourth-order valence-corrected chi connectivity index (χ4v) is 3.95. The van der Waals surface area contributed by atoms with Gasteiger partial charge in [0.25, 0.3) is 0 Å². The summed E-state index contributed by atoms with van der Waals surface area (Å²) in [6.45, 7) is 0.591. The third kappa shape index (κ3) is 2.89. The number of methoxy groups -OCH3 is 1. The molecule has 2 aliphatic rings. The highest BCUT2D eigenvalue weighted by Gasteiger charge is 2.21. The quantitative estimate of drug-likeness (QED) is 0.759. The molecule has 0 saturated heterocycles. The van der Waals surface area contributed by atoms with Crippen LogP contribution in [-0.4, -0.2) is 25.8 Å². The number of benzene rings is 2. The van der Waals surface area contributed by atoms with Crippen LogP contribution in [0.2, 0.25) is 0 Å². The minimum atomic E-state index is 0.236. The minimum Gasteiger partial charge on any atom is -0.495 e. The molecule has 0 fully saturated rings. The minimum absolute atomic E-state index is 0.236. The summed E-state index contributed by atoms with van der Waals surface area (Å²) >= 11 is 3.63. The molecule has 5 heteroatoms. The number of carbonyl (C=O) groups excluding carboxylic acids is 1. The number of Topliss-reactive ketones (excluding diaryl/α,β-unsaturated/α-hetero) is 1. The highest BCUT2D eigenvalue weighted by atomic mass is 79.9. The molecule has 1 heterocycles. The lowest BCUT2D eigenvalue weighted by molar-refractivity contribution is 0.0994. The van der Waals surface area contributed by atoms with Crippen LogP contribution >= 0.6 is 15.9 Å². The van der Waals surface area contributed by atoms with E-state index in [0.717, 1.165) is 44.6 Å².